The molecule has 0 radical (unpaired) electrons. The third-order valence-corrected chi connectivity index (χ3v) is 2.26. The number of rotatable bonds is 2. The molecule has 0 atom stereocenters. The van der Waals surface area contributed by atoms with Crippen LogP contribution in [0.4, 0.5) is 0 Å². The van der Waals surface area contributed by atoms with Gasteiger partial charge in [-0.3, -0.25) is 4.63 Å². The monoisotopic (exact) mass is 242 g/mol. The number of nitrogens with zero attached hydrogens (tertiary/aromatic N) is 6. The van der Waals surface area contributed by atoms with Crippen LogP contribution in [0.2, 0.25) is 0 Å². The van der Waals surface area contributed by atoms with Crippen LogP contribution in [0.1, 0.15) is 0 Å². The zero-order chi connectivity index (χ0) is 12.4. The fourth-order valence-corrected chi connectivity index (χ4v) is 1.49. The van der Waals surface area contributed by atoms with Crippen LogP contribution in [-0.2, 0) is 0 Å². The Labute approximate surface area is 101 Å². The molecule has 3 aromatic heterocycles. The predicted octanol–water partition coefficient (Wildman–Crippen LogP) is 0.222. The van der Waals surface area contributed by atoms with Crippen molar-refractivity contribution in [3.05, 3.63) is 42.4 Å². The van der Waals surface area contributed by atoms with Crippen molar-refractivity contribution < 1.29 is 9.53 Å². The average Bonchev–Trinajstić information content (AvgIpc) is 2.83. The number of aromatic nitrogens is 6. The van der Waals surface area contributed by atoms with Crippen LogP contribution in [0.3, 0.4) is 0 Å². The molecule has 0 N–H and O–H groups in total. The first kappa shape index (κ1) is 10.3. The fraction of sp³-hybridized carbons (Fsp3) is 0. The lowest BCUT2D eigenvalue weighted by Crippen LogP contribution is -2.25. The van der Waals surface area contributed by atoms with E-state index in [2.05, 4.69) is 29.7 Å². The maximum atomic E-state index is 11.6. The molecule has 0 amide bonds. The van der Waals surface area contributed by atoms with E-state index < -0.39 is 0 Å². The SMILES string of the molecule is [O-][n+]1onc(-c2ccncn2)c1-c1ccncn1. The predicted molar refractivity (Wildman–Crippen MR) is 57.5 cm³/mol. The highest BCUT2D eigenvalue weighted by Gasteiger charge is 2.24. The molecule has 0 bridgehead atoms. The Balaban J connectivity index is 2.19. The van der Waals surface area contributed by atoms with Crippen LogP contribution >= 0.6 is 0 Å². The molecule has 8 nitrogen and oxygen atoms in total. The minimum Gasteiger partial charge on any atom is -0.359 e. The van der Waals surface area contributed by atoms with E-state index in [1.807, 2.05) is 0 Å². The summed E-state index contributed by atoms with van der Waals surface area (Å²) in [4.78, 5) is 15.9. The minimum atomic E-state index is 0.191. The van der Waals surface area contributed by atoms with E-state index in [1.165, 1.54) is 18.9 Å². The average molecular weight is 242 g/mol. The van der Waals surface area contributed by atoms with Crippen molar-refractivity contribution >= 4 is 0 Å². The van der Waals surface area contributed by atoms with E-state index in [0.717, 1.165) is 0 Å². The Hall–Kier alpha value is -2.90. The van der Waals surface area contributed by atoms with Crippen LogP contribution < -0.4 is 4.90 Å². The van der Waals surface area contributed by atoms with Gasteiger partial charge < -0.3 is 5.21 Å². The van der Waals surface area contributed by atoms with Gasteiger partial charge in [0, 0.05) is 17.6 Å². The van der Waals surface area contributed by atoms with E-state index in [1.54, 1.807) is 18.3 Å². The second kappa shape index (κ2) is 4.17. The molecule has 8 heteroatoms. The summed E-state index contributed by atoms with van der Waals surface area (Å²) in [6.07, 6.45) is 5.78. The molecule has 18 heavy (non-hydrogen) atoms. The second-order valence-corrected chi connectivity index (χ2v) is 3.32. The Morgan fingerprint density at radius 2 is 1.67 bits per heavy atom. The Kier molecular flexibility index (Phi) is 2.38. The third kappa shape index (κ3) is 1.65. The summed E-state index contributed by atoms with van der Waals surface area (Å²) in [7, 11) is 0. The van der Waals surface area contributed by atoms with Crippen molar-refractivity contribution in [2.45, 2.75) is 0 Å². The molecular weight excluding hydrogens is 236 g/mol. The standard InChI is InChI=1S/C10H6N6O2/c17-16-10(8-2-4-12-6-14-8)9(15-18-16)7-1-3-11-5-13-7/h1-6H. The highest BCUT2D eigenvalue weighted by Crippen LogP contribution is 2.23. The third-order valence-electron chi connectivity index (χ3n) is 2.26. The molecular formula is C10H6N6O2. The summed E-state index contributed by atoms with van der Waals surface area (Å²) in [6, 6.07) is 3.22. The van der Waals surface area contributed by atoms with Crippen LogP contribution in [0, 0.1) is 5.21 Å². The van der Waals surface area contributed by atoms with Crippen molar-refractivity contribution in [1.29, 1.82) is 0 Å². The molecule has 88 valence electrons. The van der Waals surface area contributed by atoms with Gasteiger partial charge in [0.05, 0.1) is 0 Å². The van der Waals surface area contributed by atoms with Gasteiger partial charge in [-0.15, -0.1) is 0 Å². The molecule has 3 rings (SSSR count). The molecule has 3 heterocycles. The first-order chi connectivity index (χ1) is 8.86. The van der Waals surface area contributed by atoms with Gasteiger partial charge in [0.2, 0.25) is 0 Å². The van der Waals surface area contributed by atoms with Crippen LogP contribution in [0.25, 0.3) is 22.8 Å². The largest absolute Gasteiger partial charge is 0.359 e. The maximum absolute atomic E-state index is 11.6. The van der Waals surface area contributed by atoms with E-state index in [-0.39, 0.29) is 5.69 Å². The maximum Gasteiger partial charge on any atom is 0.276 e. The van der Waals surface area contributed by atoms with Crippen LogP contribution in [0.15, 0.2) is 41.8 Å². The van der Waals surface area contributed by atoms with Gasteiger partial charge in [-0.05, 0) is 17.0 Å². The Bertz CT molecular complexity index is 655. The molecule has 0 unspecified atom stereocenters. The summed E-state index contributed by atoms with van der Waals surface area (Å²) in [5, 5.41) is 15.3. The van der Waals surface area contributed by atoms with Gasteiger partial charge in [0.1, 0.15) is 24.0 Å². The molecule has 0 spiro atoms. The highest BCUT2D eigenvalue weighted by molar-refractivity contribution is 5.70. The van der Waals surface area contributed by atoms with Crippen LogP contribution in [0.5, 0.6) is 0 Å². The zero-order valence-corrected chi connectivity index (χ0v) is 8.96. The summed E-state index contributed by atoms with van der Waals surface area (Å²) < 4.78 is 4.59. The summed E-state index contributed by atoms with van der Waals surface area (Å²) in [6.45, 7) is 0. The molecule has 0 aromatic carbocycles. The first-order valence-electron chi connectivity index (χ1n) is 4.99. The molecule has 0 aliphatic carbocycles. The Morgan fingerprint density at radius 1 is 1.00 bits per heavy atom. The molecule has 0 fully saturated rings. The van der Waals surface area contributed by atoms with E-state index in [4.69, 9.17) is 0 Å². The van der Waals surface area contributed by atoms with Gasteiger partial charge in [-0.1, -0.05) is 0 Å². The molecule has 0 saturated heterocycles. The molecule has 0 aliphatic rings. The lowest BCUT2D eigenvalue weighted by molar-refractivity contribution is -0.793. The lowest BCUT2D eigenvalue weighted by atomic mass is 10.2. The van der Waals surface area contributed by atoms with Crippen molar-refractivity contribution in [2.24, 2.45) is 0 Å². The lowest BCUT2D eigenvalue weighted by Gasteiger charge is -1.96. The normalized spacial score (nSPS) is 10.4. The first-order valence-corrected chi connectivity index (χ1v) is 4.99. The molecule has 3 aromatic rings. The van der Waals surface area contributed by atoms with Crippen LogP contribution in [-0.4, -0.2) is 25.1 Å². The minimum absolute atomic E-state index is 0.191. The number of hydrogen-bond donors (Lipinski definition) is 0. The van der Waals surface area contributed by atoms with E-state index in [9.17, 15) is 5.21 Å². The zero-order valence-electron chi connectivity index (χ0n) is 8.96. The summed E-state index contributed by atoms with van der Waals surface area (Å²) in [5.74, 6) is 0. The van der Waals surface area contributed by atoms with Crippen molar-refractivity contribution in [2.75, 3.05) is 0 Å². The number of hydrogen-bond acceptors (Lipinski definition) is 7. The van der Waals surface area contributed by atoms with E-state index in [0.29, 0.717) is 22.0 Å². The topological polar surface area (TPSA) is 105 Å². The van der Waals surface area contributed by atoms with E-state index >= 15 is 0 Å². The van der Waals surface area contributed by atoms with Gasteiger partial charge in [0.15, 0.2) is 0 Å². The van der Waals surface area contributed by atoms with Crippen molar-refractivity contribution in [3.63, 3.8) is 0 Å². The van der Waals surface area contributed by atoms with Gasteiger partial charge in [-0.25, -0.2) is 19.9 Å². The highest BCUT2D eigenvalue weighted by atomic mass is 16.8. The summed E-state index contributed by atoms with van der Waals surface area (Å²) in [5.41, 5.74) is 1.40. The smallest absolute Gasteiger partial charge is 0.276 e. The van der Waals surface area contributed by atoms with Gasteiger partial charge >= 0.3 is 0 Å². The molecule has 0 saturated carbocycles. The van der Waals surface area contributed by atoms with Crippen molar-refractivity contribution in [1.82, 2.24) is 25.1 Å². The fourth-order valence-electron chi connectivity index (χ4n) is 1.49. The van der Waals surface area contributed by atoms with Crippen molar-refractivity contribution in [3.8, 4) is 22.8 Å². The molecule has 0 aliphatic heterocycles. The quantitative estimate of drug-likeness (QED) is 0.592. The Morgan fingerprint density at radius 3 is 2.28 bits per heavy atom. The summed E-state index contributed by atoms with van der Waals surface area (Å²) >= 11 is 0. The second-order valence-electron chi connectivity index (χ2n) is 3.32. The van der Waals surface area contributed by atoms with Gasteiger partial charge in [-0.2, -0.15) is 0 Å². The van der Waals surface area contributed by atoms with Gasteiger partial charge in [0.25, 0.3) is 11.4 Å².